The molecule has 0 aromatic heterocycles. The summed E-state index contributed by atoms with van der Waals surface area (Å²) in [5, 5.41) is 0.406. The maximum atomic E-state index is 12.3. The molecule has 0 radical (unpaired) electrons. The van der Waals surface area contributed by atoms with E-state index >= 15 is 0 Å². The molecule has 0 saturated carbocycles. The van der Waals surface area contributed by atoms with Crippen LogP contribution in [0.25, 0.3) is 0 Å². The van der Waals surface area contributed by atoms with Gasteiger partial charge in [0.25, 0.3) is 0 Å². The summed E-state index contributed by atoms with van der Waals surface area (Å²) in [4.78, 5) is 0.0914. The van der Waals surface area contributed by atoms with Gasteiger partial charge in [-0.05, 0) is 35.9 Å². The highest BCUT2D eigenvalue weighted by Gasteiger charge is 2.18. The molecule has 0 unspecified atom stereocenters. The van der Waals surface area contributed by atoms with Crippen LogP contribution in [0.3, 0.4) is 0 Å². The van der Waals surface area contributed by atoms with Crippen molar-refractivity contribution in [1.29, 1.82) is 0 Å². The highest BCUT2D eigenvalue weighted by molar-refractivity contribution is 7.90. The molecule has 4 N–H and O–H groups in total. The molecule has 4 nitrogen and oxygen atoms in total. The van der Waals surface area contributed by atoms with Crippen LogP contribution in [-0.2, 0) is 15.6 Å². The largest absolute Gasteiger partial charge is 0.399 e. The van der Waals surface area contributed by atoms with Crippen molar-refractivity contribution < 1.29 is 8.42 Å². The number of halogens is 1. The van der Waals surface area contributed by atoms with Crippen LogP contribution in [0, 0.1) is 0 Å². The average Bonchev–Trinajstić information content (AvgIpc) is 2.31. The Morgan fingerprint density at radius 3 is 2.21 bits per heavy atom. The second-order valence-corrected chi connectivity index (χ2v) is 6.58. The molecule has 0 saturated heterocycles. The van der Waals surface area contributed by atoms with Gasteiger partial charge in [0.2, 0.25) is 0 Å². The number of rotatable bonds is 3. The zero-order valence-corrected chi connectivity index (χ0v) is 11.6. The molecule has 100 valence electrons. The van der Waals surface area contributed by atoms with E-state index in [0.717, 1.165) is 0 Å². The van der Waals surface area contributed by atoms with Gasteiger partial charge in [-0.2, -0.15) is 0 Å². The van der Waals surface area contributed by atoms with Crippen molar-refractivity contribution >= 4 is 32.8 Å². The Hall–Kier alpha value is -1.72. The summed E-state index contributed by atoms with van der Waals surface area (Å²) in [6, 6.07) is 11.0. The van der Waals surface area contributed by atoms with E-state index < -0.39 is 9.84 Å². The van der Waals surface area contributed by atoms with Crippen molar-refractivity contribution in [3.8, 4) is 0 Å². The monoisotopic (exact) mass is 296 g/mol. The summed E-state index contributed by atoms with van der Waals surface area (Å²) in [5.41, 5.74) is 12.7. The molecular formula is C13H13ClN2O2S. The van der Waals surface area contributed by atoms with E-state index in [0.29, 0.717) is 16.3 Å². The first-order valence-electron chi connectivity index (χ1n) is 5.51. The van der Waals surface area contributed by atoms with Crippen LogP contribution >= 0.6 is 11.6 Å². The molecule has 0 aliphatic carbocycles. The molecule has 0 aliphatic rings. The molecule has 0 bridgehead atoms. The van der Waals surface area contributed by atoms with Gasteiger partial charge in [-0.15, -0.1) is 0 Å². The second kappa shape index (κ2) is 5.11. The lowest BCUT2D eigenvalue weighted by atomic mass is 10.2. The van der Waals surface area contributed by atoms with Crippen LogP contribution in [0.5, 0.6) is 0 Å². The van der Waals surface area contributed by atoms with E-state index in [1.807, 2.05) is 0 Å². The minimum Gasteiger partial charge on any atom is -0.399 e. The Morgan fingerprint density at radius 2 is 1.63 bits per heavy atom. The van der Waals surface area contributed by atoms with Crippen LogP contribution in [0.1, 0.15) is 5.56 Å². The van der Waals surface area contributed by atoms with E-state index in [9.17, 15) is 8.42 Å². The maximum absolute atomic E-state index is 12.3. The van der Waals surface area contributed by atoms with Crippen molar-refractivity contribution in [2.24, 2.45) is 0 Å². The van der Waals surface area contributed by atoms with Gasteiger partial charge in [0.1, 0.15) is 0 Å². The van der Waals surface area contributed by atoms with E-state index in [-0.39, 0.29) is 16.3 Å². The fourth-order valence-corrected chi connectivity index (χ4v) is 3.37. The summed E-state index contributed by atoms with van der Waals surface area (Å²) in [5.74, 6) is -0.126. The first-order chi connectivity index (χ1) is 8.88. The highest BCUT2D eigenvalue weighted by atomic mass is 35.5. The number of hydrogen-bond acceptors (Lipinski definition) is 4. The number of anilines is 2. The second-order valence-electron chi connectivity index (χ2n) is 4.18. The van der Waals surface area contributed by atoms with E-state index in [1.54, 1.807) is 24.3 Å². The molecule has 2 aromatic carbocycles. The number of nitrogens with two attached hydrogens (primary N) is 2. The molecule has 0 heterocycles. The number of benzene rings is 2. The predicted molar refractivity (Wildman–Crippen MR) is 77.6 cm³/mol. The summed E-state index contributed by atoms with van der Waals surface area (Å²) in [7, 11) is -3.50. The van der Waals surface area contributed by atoms with Gasteiger partial charge >= 0.3 is 0 Å². The Morgan fingerprint density at radius 1 is 1.00 bits per heavy atom. The summed E-state index contributed by atoms with van der Waals surface area (Å²) in [6.45, 7) is 0. The topological polar surface area (TPSA) is 86.2 Å². The predicted octanol–water partition coefficient (Wildman–Crippen LogP) is 2.48. The minimum absolute atomic E-state index is 0.0914. The van der Waals surface area contributed by atoms with Crippen LogP contribution in [0.2, 0.25) is 5.02 Å². The van der Waals surface area contributed by atoms with Gasteiger partial charge in [-0.1, -0.05) is 23.7 Å². The standard InChI is InChI=1S/C13H13ClN2O2S/c14-10-3-6-13(12(16)7-10)19(17,18)8-9-1-4-11(15)5-2-9/h1-7H,8,15-16H2. The average molecular weight is 297 g/mol. The molecule has 0 aliphatic heterocycles. The molecule has 0 atom stereocenters. The third-order valence-electron chi connectivity index (χ3n) is 2.64. The molecule has 2 aromatic rings. The van der Waals surface area contributed by atoms with Crippen molar-refractivity contribution in [1.82, 2.24) is 0 Å². The minimum atomic E-state index is -3.50. The molecule has 0 fully saturated rings. The Bertz CT molecular complexity index is 697. The van der Waals surface area contributed by atoms with Gasteiger partial charge in [-0.25, -0.2) is 8.42 Å². The van der Waals surface area contributed by atoms with Crippen molar-refractivity contribution in [2.45, 2.75) is 10.6 Å². The Kier molecular flexibility index (Phi) is 3.68. The summed E-state index contributed by atoms with van der Waals surface area (Å²) >= 11 is 5.76. The lowest BCUT2D eigenvalue weighted by Crippen LogP contribution is -2.08. The first-order valence-corrected chi connectivity index (χ1v) is 7.54. The molecule has 0 spiro atoms. The zero-order valence-electron chi connectivity index (χ0n) is 10.0. The van der Waals surface area contributed by atoms with Crippen LogP contribution in [0.15, 0.2) is 47.4 Å². The van der Waals surface area contributed by atoms with Crippen LogP contribution in [0.4, 0.5) is 11.4 Å². The fraction of sp³-hybridized carbons (Fsp3) is 0.0769. The molecule has 0 amide bonds. The van der Waals surface area contributed by atoms with E-state index in [2.05, 4.69) is 0 Å². The van der Waals surface area contributed by atoms with Crippen molar-refractivity contribution in [3.05, 3.63) is 53.1 Å². The lowest BCUT2D eigenvalue weighted by molar-refractivity contribution is 0.595. The zero-order chi connectivity index (χ0) is 14.0. The van der Waals surface area contributed by atoms with Gasteiger partial charge in [0.05, 0.1) is 16.3 Å². The number of hydrogen-bond donors (Lipinski definition) is 2. The number of nitrogen functional groups attached to an aromatic ring is 2. The fourth-order valence-electron chi connectivity index (χ4n) is 1.71. The normalized spacial score (nSPS) is 11.4. The van der Waals surface area contributed by atoms with Crippen LogP contribution in [-0.4, -0.2) is 8.42 Å². The van der Waals surface area contributed by atoms with E-state index in [1.165, 1.54) is 18.2 Å². The Balaban J connectivity index is 2.35. The van der Waals surface area contributed by atoms with Gasteiger partial charge in [0.15, 0.2) is 9.84 Å². The Labute approximate surface area is 116 Å². The van der Waals surface area contributed by atoms with Crippen molar-refractivity contribution in [2.75, 3.05) is 11.5 Å². The number of sulfone groups is 1. The van der Waals surface area contributed by atoms with Gasteiger partial charge in [0, 0.05) is 10.7 Å². The summed E-state index contributed by atoms with van der Waals surface area (Å²) in [6.07, 6.45) is 0. The quantitative estimate of drug-likeness (QED) is 0.852. The molecule has 6 heteroatoms. The van der Waals surface area contributed by atoms with Gasteiger partial charge in [-0.3, -0.25) is 0 Å². The van der Waals surface area contributed by atoms with Crippen LogP contribution < -0.4 is 11.5 Å². The van der Waals surface area contributed by atoms with E-state index in [4.69, 9.17) is 23.1 Å². The third kappa shape index (κ3) is 3.19. The molecule has 19 heavy (non-hydrogen) atoms. The smallest absolute Gasteiger partial charge is 0.184 e. The maximum Gasteiger partial charge on any atom is 0.184 e. The first kappa shape index (κ1) is 13.7. The third-order valence-corrected chi connectivity index (χ3v) is 4.63. The molecular weight excluding hydrogens is 284 g/mol. The lowest BCUT2D eigenvalue weighted by Gasteiger charge is -2.08. The highest BCUT2D eigenvalue weighted by Crippen LogP contribution is 2.25. The summed E-state index contributed by atoms with van der Waals surface area (Å²) < 4.78 is 24.5. The van der Waals surface area contributed by atoms with Gasteiger partial charge < -0.3 is 11.5 Å². The van der Waals surface area contributed by atoms with Crippen molar-refractivity contribution in [3.63, 3.8) is 0 Å². The molecule has 2 rings (SSSR count). The SMILES string of the molecule is Nc1ccc(CS(=O)(=O)c2ccc(Cl)cc2N)cc1.